The first-order valence-corrected chi connectivity index (χ1v) is 7.52. The summed E-state index contributed by atoms with van der Waals surface area (Å²) in [6.45, 7) is 3.07. The number of nitro groups is 1. The van der Waals surface area contributed by atoms with Gasteiger partial charge in [0.25, 0.3) is 5.69 Å². The number of nitrogens with one attached hydrogen (secondary N) is 2. The number of hydrogen-bond acceptors (Lipinski definition) is 5. The number of benzene rings is 1. The van der Waals surface area contributed by atoms with Crippen molar-refractivity contribution in [3.63, 3.8) is 0 Å². The highest BCUT2D eigenvalue weighted by Crippen LogP contribution is 2.29. The first kappa shape index (κ1) is 15.6. The van der Waals surface area contributed by atoms with Crippen LogP contribution in [-0.4, -0.2) is 28.7 Å². The maximum absolute atomic E-state index is 11.0. The number of nitro benzene ring substituents is 1. The summed E-state index contributed by atoms with van der Waals surface area (Å²) >= 11 is 0. The summed E-state index contributed by atoms with van der Waals surface area (Å²) in [5.74, 6) is 0. The molecule has 1 saturated carbocycles. The molecule has 6 heteroatoms. The smallest absolute Gasteiger partial charge is 0.273 e. The maximum atomic E-state index is 11.0. The minimum atomic E-state index is -0.693. The highest BCUT2D eigenvalue weighted by atomic mass is 16.6. The van der Waals surface area contributed by atoms with Gasteiger partial charge in [0.15, 0.2) is 0 Å². The zero-order chi connectivity index (χ0) is 15.3. The van der Waals surface area contributed by atoms with Crippen LogP contribution in [0.15, 0.2) is 18.2 Å². The molecular weight excluding hydrogens is 270 g/mol. The van der Waals surface area contributed by atoms with Gasteiger partial charge in [-0.15, -0.1) is 0 Å². The molecule has 116 valence electrons. The maximum Gasteiger partial charge on any atom is 0.273 e. The molecule has 0 unspecified atom stereocenters. The summed E-state index contributed by atoms with van der Waals surface area (Å²) in [7, 11) is 0. The van der Waals surface area contributed by atoms with Crippen LogP contribution in [0.5, 0.6) is 0 Å². The second kappa shape index (κ2) is 6.76. The molecule has 0 atom stereocenters. The van der Waals surface area contributed by atoms with E-state index in [1.165, 1.54) is 18.6 Å². The molecule has 1 aromatic carbocycles. The molecule has 1 aliphatic rings. The lowest BCUT2D eigenvalue weighted by molar-refractivity contribution is -0.384. The average Bonchev–Trinajstić information content (AvgIpc) is 2.46. The van der Waals surface area contributed by atoms with Crippen LogP contribution in [0.1, 0.15) is 39.0 Å². The first-order valence-electron chi connectivity index (χ1n) is 7.52. The van der Waals surface area contributed by atoms with Crippen molar-refractivity contribution in [3.05, 3.63) is 28.3 Å². The number of anilines is 2. The molecule has 1 fully saturated rings. The third kappa shape index (κ3) is 4.32. The minimum absolute atomic E-state index is 0.0478. The Morgan fingerprint density at radius 3 is 2.38 bits per heavy atom. The lowest BCUT2D eigenvalue weighted by Gasteiger charge is -2.32. The lowest BCUT2D eigenvalue weighted by Crippen LogP contribution is -2.38. The van der Waals surface area contributed by atoms with Crippen molar-refractivity contribution < 1.29 is 10.0 Å². The molecule has 0 amide bonds. The van der Waals surface area contributed by atoms with E-state index in [2.05, 4.69) is 10.6 Å². The third-order valence-electron chi connectivity index (χ3n) is 3.92. The van der Waals surface area contributed by atoms with Crippen LogP contribution in [0, 0.1) is 10.1 Å². The van der Waals surface area contributed by atoms with Gasteiger partial charge < -0.3 is 15.7 Å². The quantitative estimate of drug-likeness (QED) is 0.554. The predicted octanol–water partition coefficient (Wildman–Crippen LogP) is 3.13. The van der Waals surface area contributed by atoms with Gasteiger partial charge in [0, 0.05) is 36.6 Å². The van der Waals surface area contributed by atoms with Crippen LogP contribution >= 0.6 is 0 Å². The second-order valence-corrected chi connectivity index (χ2v) is 5.69. The Morgan fingerprint density at radius 1 is 1.19 bits per heavy atom. The summed E-state index contributed by atoms with van der Waals surface area (Å²) in [5.41, 5.74) is 0.733. The standard InChI is InChI=1S/C15H23N3O3/c1-2-16-12-8-13(10-14(9-12)18(20)21)17-11-15(19)6-4-3-5-7-15/h8-10,16-17,19H,2-7,11H2,1H3. The van der Waals surface area contributed by atoms with Gasteiger partial charge in [0.05, 0.1) is 10.5 Å². The normalized spacial score (nSPS) is 17.2. The molecule has 0 aliphatic heterocycles. The van der Waals surface area contributed by atoms with Gasteiger partial charge in [-0.05, 0) is 25.8 Å². The van der Waals surface area contributed by atoms with E-state index in [4.69, 9.17) is 0 Å². The number of non-ortho nitro benzene ring substituents is 1. The van der Waals surface area contributed by atoms with Gasteiger partial charge in [-0.1, -0.05) is 19.3 Å². The number of hydrogen-bond donors (Lipinski definition) is 3. The van der Waals surface area contributed by atoms with E-state index in [-0.39, 0.29) is 5.69 Å². The van der Waals surface area contributed by atoms with E-state index in [0.717, 1.165) is 25.7 Å². The lowest BCUT2D eigenvalue weighted by atomic mass is 9.85. The average molecular weight is 293 g/mol. The van der Waals surface area contributed by atoms with Crippen molar-refractivity contribution in [3.8, 4) is 0 Å². The predicted molar refractivity (Wildman–Crippen MR) is 83.8 cm³/mol. The summed E-state index contributed by atoms with van der Waals surface area (Å²) < 4.78 is 0. The zero-order valence-electron chi connectivity index (χ0n) is 12.4. The molecule has 21 heavy (non-hydrogen) atoms. The van der Waals surface area contributed by atoms with Gasteiger partial charge in [-0.3, -0.25) is 10.1 Å². The fourth-order valence-electron chi connectivity index (χ4n) is 2.78. The summed E-state index contributed by atoms with van der Waals surface area (Å²) in [6, 6.07) is 4.86. The van der Waals surface area contributed by atoms with Crippen molar-refractivity contribution in [2.75, 3.05) is 23.7 Å². The van der Waals surface area contributed by atoms with E-state index >= 15 is 0 Å². The largest absolute Gasteiger partial charge is 0.388 e. The van der Waals surface area contributed by atoms with Gasteiger partial charge in [0.1, 0.15) is 0 Å². The zero-order valence-corrected chi connectivity index (χ0v) is 12.4. The number of aliphatic hydroxyl groups is 1. The SMILES string of the molecule is CCNc1cc(NCC2(O)CCCCC2)cc([N+](=O)[O-])c1. The minimum Gasteiger partial charge on any atom is -0.388 e. The first-order chi connectivity index (χ1) is 10.0. The van der Waals surface area contributed by atoms with Crippen LogP contribution < -0.4 is 10.6 Å². The Morgan fingerprint density at radius 2 is 1.81 bits per heavy atom. The van der Waals surface area contributed by atoms with Crippen molar-refractivity contribution >= 4 is 17.1 Å². The van der Waals surface area contributed by atoms with Crippen molar-refractivity contribution in [1.29, 1.82) is 0 Å². The molecular formula is C15H23N3O3. The molecule has 0 radical (unpaired) electrons. The van der Waals surface area contributed by atoms with Crippen LogP contribution in [0.4, 0.5) is 17.1 Å². The third-order valence-corrected chi connectivity index (χ3v) is 3.92. The Labute approximate surface area is 124 Å². The second-order valence-electron chi connectivity index (χ2n) is 5.69. The van der Waals surface area contributed by atoms with Gasteiger partial charge in [-0.25, -0.2) is 0 Å². The molecule has 0 saturated heterocycles. The number of nitrogens with zero attached hydrogens (tertiary/aromatic N) is 1. The molecule has 2 rings (SSSR count). The highest BCUT2D eigenvalue weighted by molar-refractivity contribution is 5.63. The van der Waals surface area contributed by atoms with Crippen LogP contribution in [0.25, 0.3) is 0 Å². The van der Waals surface area contributed by atoms with Crippen molar-refractivity contribution in [2.24, 2.45) is 0 Å². The van der Waals surface area contributed by atoms with E-state index < -0.39 is 10.5 Å². The molecule has 3 N–H and O–H groups in total. The molecule has 1 aliphatic carbocycles. The molecule has 0 bridgehead atoms. The van der Waals surface area contributed by atoms with Crippen LogP contribution in [0.2, 0.25) is 0 Å². The molecule has 0 aromatic heterocycles. The van der Waals surface area contributed by atoms with E-state index in [1.54, 1.807) is 0 Å². The van der Waals surface area contributed by atoms with Crippen molar-refractivity contribution in [1.82, 2.24) is 0 Å². The molecule has 0 spiro atoms. The van der Waals surface area contributed by atoms with Crippen molar-refractivity contribution in [2.45, 2.75) is 44.6 Å². The van der Waals surface area contributed by atoms with Gasteiger partial charge in [0.2, 0.25) is 0 Å². The molecule has 0 heterocycles. The van der Waals surface area contributed by atoms with E-state index in [0.29, 0.717) is 24.5 Å². The Balaban J connectivity index is 2.09. The summed E-state index contributed by atoms with van der Waals surface area (Å²) in [5, 5.41) is 27.7. The fourth-order valence-corrected chi connectivity index (χ4v) is 2.78. The Hall–Kier alpha value is -1.82. The topological polar surface area (TPSA) is 87.4 Å². The van der Waals surface area contributed by atoms with Gasteiger partial charge in [-0.2, -0.15) is 0 Å². The molecule has 6 nitrogen and oxygen atoms in total. The van der Waals surface area contributed by atoms with E-state index in [9.17, 15) is 15.2 Å². The Kier molecular flexibility index (Phi) is 5.01. The molecule has 1 aromatic rings. The monoisotopic (exact) mass is 293 g/mol. The van der Waals surface area contributed by atoms with E-state index in [1.807, 2.05) is 13.0 Å². The van der Waals surface area contributed by atoms with Gasteiger partial charge >= 0.3 is 0 Å². The highest BCUT2D eigenvalue weighted by Gasteiger charge is 2.28. The fraction of sp³-hybridized carbons (Fsp3) is 0.600. The Bertz CT molecular complexity index is 499. The van der Waals surface area contributed by atoms with Crippen LogP contribution in [0.3, 0.4) is 0 Å². The summed E-state index contributed by atoms with van der Waals surface area (Å²) in [6.07, 6.45) is 4.82. The summed E-state index contributed by atoms with van der Waals surface area (Å²) in [4.78, 5) is 10.6. The number of rotatable bonds is 6. The van der Waals surface area contributed by atoms with Crippen LogP contribution in [-0.2, 0) is 0 Å².